The lowest BCUT2D eigenvalue weighted by molar-refractivity contribution is -0.115. The molecule has 0 bridgehead atoms. The monoisotopic (exact) mass is 316 g/mol. The van der Waals surface area contributed by atoms with Crippen LogP contribution < -0.4 is 10.6 Å². The Bertz CT molecular complexity index is 693. The zero-order valence-electron chi connectivity index (χ0n) is 12.4. The number of hydrogen-bond acceptors (Lipinski definition) is 2. The number of amides is 2. The van der Waals surface area contributed by atoms with Crippen molar-refractivity contribution in [3.8, 4) is 0 Å². The summed E-state index contributed by atoms with van der Waals surface area (Å²) in [5, 5.41) is 5.81. The van der Waals surface area contributed by atoms with E-state index >= 15 is 0 Å². The van der Waals surface area contributed by atoms with Crippen molar-refractivity contribution >= 4 is 29.1 Å². The van der Waals surface area contributed by atoms with Gasteiger partial charge in [0.15, 0.2) is 0 Å². The number of benzene rings is 2. The van der Waals surface area contributed by atoms with Crippen LogP contribution in [0.15, 0.2) is 42.5 Å². The summed E-state index contributed by atoms with van der Waals surface area (Å²) in [4.78, 5) is 23.8. The third-order valence-corrected chi connectivity index (χ3v) is 3.24. The van der Waals surface area contributed by atoms with Gasteiger partial charge in [-0.2, -0.15) is 0 Å². The Hall–Kier alpha value is -2.33. The predicted molar refractivity (Wildman–Crippen MR) is 88.3 cm³/mol. The molecule has 0 saturated carbocycles. The molecule has 0 unspecified atom stereocenters. The first kappa shape index (κ1) is 16.0. The van der Waals surface area contributed by atoms with E-state index in [1.807, 2.05) is 32.0 Å². The Morgan fingerprint density at radius 3 is 2.36 bits per heavy atom. The molecule has 0 saturated heterocycles. The third-order valence-electron chi connectivity index (χ3n) is 3.00. The van der Waals surface area contributed by atoms with Crippen LogP contribution in [0.25, 0.3) is 0 Å². The van der Waals surface area contributed by atoms with E-state index in [9.17, 15) is 9.59 Å². The van der Waals surface area contributed by atoms with Crippen LogP contribution in [0.4, 0.5) is 5.69 Å². The number of rotatable bonds is 4. The minimum atomic E-state index is -0.335. The molecule has 0 heterocycles. The van der Waals surface area contributed by atoms with E-state index in [4.69, 9.17) is 11.6 Å². The maximum atomic E-state index is 11.9. The van der Waals surface area contributed by atoms with Gasteiger partial charge in [0.1, 0.15) is 0 Å². The summed E-state index contributed by atoms with van der Waals surface area (Å²) in [6.07, 6.45) is 0. The second-order valence-electron chi connectivity index (χ2n) is 5.12. The molecule has 114 valence electrons. The Labute approximate surface area is 134 Å². The number of nitrogens with one attached hydrogen (secondary N) is 2. The molecule has 0 radical (unpaired) electrons. The average molecular weight is 317 g/mol. The zero-order chi connectivity index (χ0) is 16.1. The highest BCUT2D eigenvalue weighted by molar-refractivity contribution is 6.31. The SMILES string of the molecule is Cc1cc(C)cc(NC(=O)CNC(=O)c2cccc(Cl)c2)c1. The van der Waals surface area contributed by atoms with E-state index in [1.165, 1.54) is 0 Å². The lowest BCUT2D eigenvalue weighted by atomic mass is 10.1. The first-order valence-corrected chi connectivity index (χ1v) is 7.24. The van der Waals surface area contributed by atoms with Gasteiger partial charge in [0.2, 0.25) is 5.91 Å². The van der Waals surface area contributed by atoms with Gasteiger partial charge in [-0.3, -0.25) is 9.59 Å². The molecular weight excluding hydrogens is 300 g/mol. The quantitative estimate of drug-likeness (QED) is 0.909. The van der Waals surface area contributed by atoms with Crippen LogP contribution in [0.5, 0.6) is 0 Å². The molecule has 0 spiro atoms. The first-order valence-electron chi connectivity index (χ1n) is 6.86. The van der Waals surface area contributed by atoms with Crippen molar-refractivity contribution in [3.63, 3.8) is 0 Å². The molecule has 2 rings (SSSR count). The fourth-order valence-corrected chi connectivity index (χ4v) is 2.33. The number of carbonyl (C=O) groups excluding carboxylic acids is 2. The van der Waals surface area contributed by atoms with E-state index < -0.39 is 0 Å². The summed E-state index contributed by atoms with van der Waals surface area (Å²) in [5.74, 6) is -0.613. The topological polar surface area (TPSA) is 58.2 Å². The molecule has 22 heavy (non-hydrogen) atoms. The average Bonchev–Trinajstić information content (AvgIpc) is 2.43. The molecule has 2 aromatic carbocycles. The Kier molecular flexibility index (Phi) is 5.17. The second kappa shape index (κ2) is 7.09. The van der Waals surface area contributed by atoms with E-state index in [0.29, 0.717) is 10.6 Å². The maximum absolute atomic E-state index is 11.9. The predicted octanol–water partition coefficient (Wildman–Crippen LogP) is 3.33. The highest BCUT2D eigenvalue weighted by Crippen LogP contribution is 2.13. The fourth-order valence-electron chi connectivity index (χ4n) is 2.14. The summed E-state index contributed by atoms with van der Waals surface area (Å²) in [6.45, 7) is 3.82. The van der Waals surface area contributed by atoms with Gasteiger partial charge in [-0.15, -0.1) is 0 Å². The van der Waals surface area contributed by atoms with Crippen molar-refractivity contribution < 1.29 is 9.59 Å². The molecular formula is C17H17ClN2O2. The van der Waals surface area contributed by atoms with Gasteiger partial charge >= 0.3 is 0 Å². The Balaban J connectivity index is 1.91. The number of anilines is 1. The van der Waals surface area contributed by atoms with E-state index in [1.54, 1.807) is 24.3 Å². The molecule has 5 heteroatoms. The Morgan fingerprint density at radius 1 is 1.05 bits per heavy atom. The molecule has 0 fully saturated rings. The van der Waals surface area contributed by atoms with Crippen molar-refractivity contribution in [1.29, 1.82) is 0 Å². The summed E-state index contributed by atoms with van der Waals surface area (Å²) < 4.78 is 0. The van der Waals surface area contributed by atoms with Crippen LogP contribution in [0, 0.1) is 13.8 Å². The maximum Gasteiger partial charge on any atom is 0.251 e. The molecule has 2 aromatic rings. The largest absolute Gasteiger partial charge is 0.343 e. The molecule has 4 nitrogen and oxygen atoms in total. The molecule has 0 aliphatic carbocycles. The smallest absolute Gasteiger partial charge is 0.251 e. The van der Waals surface area contributed by atoms with Crippen molar-refractivity contribution in [2.45, 2.75) is 13.8 Å². The van der Waals surface area contributed by atoms with Gasteiger partial charge in [0.05, 0.1) is 6.54 Å². The normalized spacial score (nSPS) is 10.1. The van der Waals surface area contributed by atoms with E-state index in [0.717, 1.165) is 16.8 Å². The van der Waals surface area contributed by atoms with Gasteiger partial charge < -0.3 is 10.6 Å². The number of aryl methyl sites for hydroxylation is 2. The van der Waals surface area contributed by atoms with Crippen LogP contribution in [-0.2, 0) is 4.79 Å². The van der Waals surface area contributed by atoms with Crippen LogP contribution in [0.1, 0.15) is 21.5 Å². The lowest BCUT2D eigenvalue weighted by Crippen LogP contribution is -2.32. The van der Waals surface area contributed by atoms with Crippen LogP contribution in [-0.4, -0.2) is 18.4 Å². The summed E-state index contributed by atoms with van der Waals surface area (Å²) >= 11 is 5.83. The van der Waals surface area contributed by atoms with Crippen LogP contribution >= 0.6 is 11.6 Å². The van der Waals surface area contributed by atoms with Crippen molar-refractivity contribution in [1.82, 2.24) is 5.32 Å². The van der Waals surface area contributed by atoms with Gasteiger partial charge in [-0.1, -0.05) is 23.7 Å². The molecule has 0 aliphatic heterocycles. The van der Waals surface area contributed by atoms with Gasteiger partial charge in [-0.05, 0) is 55.3 Å². The third kappa shape index (κ3) is 4.60. The summed E-state index contributed by atoms with van der Waals surface area (Å²) in [6, 6.07) is 12.4. The van der Waals surface area contributed by atoms with Crippen molar-refractivity contribution in [2.24, 2.45) is 0 Å². The van der Waals surface area contributed by atoms with Crippen molar-refractivity contribution in [2.75, 3.05) is 11.9 Å². The standard InChI is InChI=1S/C17H17ClN2O2/c1-11-6-12(2)8-15(7-11)20-16(21)10-19-17(22)13-4-3-5-14(18)9-13/h3-9H,10H2,1-2H3,(H,19,22)(H,20,21). The molecule has 0 aliphatic rings. The van der Waals surface area contributed by atoms with E-state index in [2.05, 4.69) is 10.6 Å². The Morgan fingerprint density at radius 2 is 1.73 bits per heavy atom. The van der Waals surface area contributed by atoms with E-state index in [-0.39, 0.29) is 18.4 Å². The first-order chi connectivity index (χ1) is 10.4. The van der Waals surface area contributed by atoms with Crippen molar-refractivity contribution in [3.05, 3.63) is 64.2 Å². The second-order valence-corrected chi connectivity index (χ2v) is 5.55. The van der Waals surface area contributed by atoms with Crippen LogP contribution in [0.3, 0.4) is 0 Å². The molecule has 0 atom stereocenters. The minimum Gasteiger partial charge on any atom is -0.343 e. The zero-order valence-corrected chi connectivity index (χ0v) is 13.2. The summed E-state index contributed by atoms with van der Waals surface area (Å²) in [7, 11) is 0. The molecule has 0 aromatic heterocycles. The highest BCUT2D eigenvalue weighted by atomic mass is 35.5. The van der Waals surface area contributed by atoms with Gasteiger partial charge in [-0.25, -0.2) is 0 Å². The van der Waals surface area contributed by atoms with Gasteiger partial charge in [0, 0.05) is 16.3 Å². The number of hydrogen-bond donors (Lipinski definition) is 2. The number of carbonyl (C=O) groups is 2. The fraction of sp³-hybridized carbons (Fsp3) is 0.176. The number of halogens is 1. The highest BCUT2D eigenvalue weighted by Gasteiger charge is 2.09. The lowest BCUT2D eigenvalue weighted by Gasteiger charge is -2.09. The van der Waals surface area contributed by atoms with Crippen LogP contribution in [0.2, 0.25) is 5.02 Å². The molecule has 2 N–H and O–H groups in total. The summed E-state index contributed by atoms with van der Waals surface area (Å²) in [5.41, 5.74) is 3.28. The molecule has 2 amide bonds. The van der Waals surface area contributed by atoms with Gasteiger partial charge in [0.25, 0.3) is 5.91 Å². The minimum absolute atomic E-state index is 0.0989.